The number of pyridine rings is 1. The summed E-state index contributed by atoms with van der Waals surface area (Å²) in [6, 6.07) is 9.79. The fourth-order valence-corrected chi connectivity index (χ4v) is 1.88. The van der Waals surface area contributed by atoms with Crippen LogP contribution in [0.15, 0.2) is 36.5 Å². The zero-order valence-corrected chi connectivity index (χ0v) is 11.2. The van der Waals surface area contributed by atoms with E-state index in [1.54, 1.807) is 13.1 Å². The van der Waals surface area contributed by atoms with E-state index in [0.717, 1.165) is 23.1 Å². The second kappa shape index (κ2) is 5.99. The summed E-state index contributed by atoms with van der Waals surface area (Å²) < 4.78 is 5.66. The van der Waals surface area contributed by atoms with E-state index >= 15 is 0 Å². The van der Waals surface area contributed by atoms with E-state index in [9.17, 15) is 5.11 Å². The van der Waals surface area contributed by atoms with Crippen molar-refractivity contribution >= 4 is 10.9 Å². The van der Waals surface area contributed by atoms with Gasteiger partial charge >= 0.3 is 0 Å². The molecule has 1 unspecified atom stereocenters. The number of nitrogens with two attached hydrogens (primary N) is 1. The molecule has 4 nitrogen and oxygen atoms in total. The molecule has 0 fully saturated rings. The molecular weight excluding hydrogens is 240 g/mol. The lowest BCUT2D eigenvalue weighted by molar-refractivity contribution is 0.0536. The molecular formula is C15H20N2O2. The molecule has 1 heterocycles. The first-order valence-corrected chi connectivity index (χ1v) is 6.51. The van der Waals surface area contributed by atoms with E-state index in [1.807, 2.05) is 30.3 Å². The number of aliphatic hydroxyl groups is 1. The van der Waals surface area contributed by atoms with Gasteiger partial charge < -0.3 is 15.6 Å². The lowest BCUT2D eigenvalue weighted by atomic mass is 10.0. The molecule has 1 aromatic carbocycles. The van der Waals surface area contributed by atoms with Gasteiger partial charge in [0.05, 0.1) is 17.7 Å². The highest BCUT2D eigenvalue weighted by molar-refractivity contribution is 5.79. The molecule has 0 bridgehead atoms. The molecule has 1 aromatic heterocycles. The Balaban J connectivity index is 1.88. The zero-order chi connectivity index (χ0) is 13.7. The van der Waals surface area contributed by atoms with Crippen LogP contribution in [0, 0.1) is 0 Å². The van der Waals surface area contributed by atoms with E-state index in [2.05, 4.69) is 4.98 Å². The maximum absolute atomic E-state index is 9.77. The highest BCUT2D eigenvalue weighted by Gasteiger charge is 2.16. The van der Waals surface area contributed by atoms with E-state index in [4.69, 9.17) is 10.5 Å². The first-order valence-electron chi connectivity index (χ1n) is 6.51. The van der Waals surface area contributed by atoms with Crippen LogP contribution in [0.25, 0.3) is 10.9 Å². The summed E-state index contributed by atoms with van der Waals surface area (Å²) >= 11 is 0. The van der Waals surface area contributed by atoms with Crippen molar-refractivity contribution in [2.45, 2.75) is 25.4 Å². The third-order valence-corrected chi connectivity index (χ3v) is 3.15. The molecule has 0 amide bonds. The van der Waals surface area contributed by atoms with Gasteiger partial charge in [-0.25, -0.2) is 0 Å². The summed E-state index contributed by atoms with van der Waals surface area (Å²) in [6.45, 7) is 2.58. The number of rotatable bonds is 6. The number of fused-ring (bicyclic) bond motifs is 1. The molecule has 4 heteroatoms. The van der Waals surface area contributed by atoms with Crippen LogP contribution in [0.4, 0.5) is 0 Å². The maximum Gasteiger partial charge on any atom is 0.121 e. The van der Waals surface area contributed by atoms with E-state index in [0.29, 0.717) is 13.0 Å². The topological polar surface area (TPSA) is 68.4 Å². The van der Waals surface area contributed by atoms with Crippen molar-refractivity contribution in [1.82, 2.24) is 4.98 Å². The van der Waals surface area contributed by atoms with Crippen LogP contribution in [-0.4, -0.2) is 28.8 Å². The molecule has 2 aromatic rings. The molecule has 0 spiro atoms. The molecule has 0 aliphatic heterocycles. The van der Waals surface area contributed by atoms with Gasteiger partial charge in [0.2, 0.25) is 0 Å². The van der Waals surface area contributed by atoms with Crippen molar-refractivity contribution < 1.29 is 9.84 Å². The minimum atomic E-state index is -0.797. The SMILES string of the molecule is CC(O)(CN)CCCOc1ccc2cccnc2c1. The Labute approximate surface area is 113 Å². The van der Waals surface area contributed by atoms with Gasteiger partial charge in [0.25, 0.3) is 0 Å². The normalized spacial score (nSPS) is 14.3. The fraction of sp³-hybridized carbons (Fsp3) is 0.400. The average Bonchev–Trinajstić information content (AvgIpc) is 2.43. The zero-order valence-electron chi connectivity index (χ0n) is 11.2. The van der Waals surface area contributed by atoms with Crippen LogP contribution in [0.1, 0.15) is 19.8 Å². The smallest absolute Gasteiger partial charge is 0.121 e. The van der Waals surface area contributed by atoms with E-state index in [-0.39, 0.29) is 6.54 Å². The van der Waals surface area contributed by atoms with Crippen LogP contribution in [0.3, 0.4) is 0 Å². The molecule has 0 aliphatic rings. The Hall–Kier alpha value is -1.65. The summed E-state index contributed by atoms with van der Waals surface area (Å²) in [5, 5.41) is 10.9. The Morgan fingerprint density at radius 2 is 2.21 bits per heavy atom. The van der Waals surface area contributed by atoms with E-state index in [1.165, 1.54) is 0 Å². The Morgan fingerprint density at radius 1 is 1.37 bits per heavy atom. The first-order chi connectivity index (χ1) is 9.11. The Kier molecular flexibility index (Phi) is 4.35. The highest BCUT2D eigenvalue weighted by Crippen LogP contribution is 2.19. The van der Waals surface area contributed by atoms with Gasteiger partial charge in [-0.05, 0) is 38.0 Å². The summed E-state index contributed by atoms with van der Waals surface area (Å²) in [4.78, 5) is 4.29. The van der Waals surface area contributed by atoms with Crippen molar-refractivity contribution in [2.24, 2.45) is 5.73 Å². The fourth-order valence-electron chi connectivity index (χ4n) is 1.88. The summed E-state index contributed by atoms with van der Waals surface area (Å²) in [5.41, 5.74) is 5.59. The lowest BCUT2D eigenvalue weighted by Gasteiger charge is -2.20. The second-order valence-corrected chi connectivity index (χ2v) is 5.01. The van der Waals surface area contributed by atoms with Crippen LogP contribution in [-0.2, 0) is 0 Å². The monoisotopic (exact) mass is 260 g/mol. The minimum Gasteiger partial charge on any atom is -0.494 e. The number of hydrogen-bond acceptors (Lipinski definition) is 4. The van der Waals surface area contributed by atoms with Crippen LogP contribution in [0.2, 0.25) is 0 Å². The predicted octanol–water partition coefficient (Wildman–Crippen LogP) is 2.10. The van der Waals surface area contributed by atoms with Crippen molar-refractivity contribution in [3.63, 3.8) is 0 Å². The third kappa shape index (κ3) is 3.91. The molecule has 3 N–H and O–H groups in total. The van der Waals surface area contributed by atoms with Gasteiger partial charge in [-0.3, -0.25) is 4.98 Å². The Bertz CT molecular complexity index is 540. The minimum absolute atomic E-state index is 0.271. The number of benzene rings is 1. The van der Waals surface area contributed by atoms with Crippen LogP contribution >= 0.6 is 0 Å². The van der Waals surface area contributed by atoms with Gasteiger partial charge in [0.1, 0.15) is 5.75 Å². The molecule has 2 rings (SSSR count). The van der Waals surface area contributed by atoms with Crippen molar-refractivity contribution in [3.8, 4) is 5.75 Å². The first kappa shape index (κ1) is 13.8. The summed E-state index contributed by atoms with van der Waals surface area (Å²) in [6.07, 6.45) is 3.17. The molecule has 1 atom stereocenters. The third-order valence-electron chi connectivity index (χ3n) is 3.15. The molecule has 0 saturated carbocycles. The van der Waals surface area contributed by atoms with Crippen LogP contribution < -0.4 is 10.5 Å². The van der Waals surface area contributed by atoms with Crippen molar-refractivity contribution in [2.75, 3.05) is 13.2 Å². The van der Waals surface area contributed by atoms with Gasteiger partial charge in [0, 0.05) is 24.2 Å². The standard InChI is InChI=1S/C15H20N2O2/c1-15(18,11-16)7-3-9-19-13-6-5-12-4-2-8-17-14(12)10-13/h2,4-6,8,10,18H,3,7,9,11,16H2,1H3. The second-order valence-electron chi connectivity index (χ2n) is 5.01. The lowest BCUT2D eigenvalue weighted by Crippen LogP contribution is -2.34. The van der Waals surface area contributed by atoms with E-state index < -0.39 is 5.60 Å². The molecule has 19 heavy (non-hydrogen) atoms. The quantitative estimate of drug-likeness (QED) is 0.780. The largest absolute Gasteiger partial charge is 0.494 e. The molecule has 102 valence electrons. The number of aromatic nitrogens is 1. The summed E-state index contributed by atoms with van der Waals surface area (Å²) in [7, 11) is 0. The number of hydrogen-bond donors (Lipinski definition) is 2. The average molecular weight is 260 g/mol. The number of nitrogens with zero attached hydrogens (tertiary/aromatic N) is 1. The van der Waals surface area contributed by atoms with Crippen molar-refractivity contribution in [1.29, 1.82) is 0 Å². The predicted molar refractivity (Wildman–Crippen MR) is 76.2 cm³/mol. The van der Waals surface area contributed by atoms with Gasteiger partial charge in [-0.15, -0.1) is 0 Å². The van der Waals surface area contributed by atoms with Gasteiger partial charge in [-0.2, -0.15) is 0 Å². The van der Waals surface area contributed by atoms with Crippen LogP contribution in [0.5, 0.6) is 5.75 Å². The highest BCUT2D eigenvalue weighted by atomic mass is 16.5. The maximum atomic E-state index is 9.77. The van der Waals surface area contributed by atoms with Crippen molar-refractivity contribution in [3.05, 3.63) is 36.5 Å². The van der Waals surface area contributed by atoms with Gasteiger partial charge in [-0.1, -0.05) is 6.07 Å². The molecule has 0 radical (unpaired) electrons. The summed E-state index contributed by atoms with van der Waals surface area (Å²) in [5.74, 6) is 0.804. The molecule has 0 aliphatic carbocycles. The number of ether oxygens (including phenoxy) is 1. The molecule has 0 saturated heterocycles. The Morgan fingerprint density at radius 3 is 3.00 bits per heavy atom. The van der Waals surface area contributed by atoms with Gasteiger partial charge in [0.15, 0.2) is 0 Å².